The molecule has 1 rings (SSSR count). The van der Waals surface area contributed by atoms with Crippen molar-refractivity contribution >= 4 is 23.5 Å². The minimum atomic E-state index is -0.232. The Morgan fingerprint density at radius 1 is 1.20 bits per heavy atom. The van der Waals surface area contributed by atoms with Gasteiger partial charge in [-0.25, -0.2) is 4.99 Å². The summed E-state index contributed by atoms with van der Waals surface area (Å²) in [5.41, 5.74) is 0.630. The zero-order chi connectivity index (χ0) is 18.5. The molecule has 1 heterocycles. The van der Waals surface area contributed by atoms with Crippen LogP contribution in [0.3, 0.4) is 0 Å². The molecule has 1 aromatic rings. The van der Waals surface area contributed by atoms with E-state index in [9.17, 15) is 9.59 Å². The third-order valence-electron chi connectivity index (χ3n) is 3.42. The van der Waals surface area contributed by atoms with E-state index < -0.39 is 0 Å². The van der Waals surface area contributed by atoms with E-state index in [-0.39, 0.29) is 18.4 Å². The van der Waals surface area contributed by atoms with Crippen LogP contribution in [-0.4, -0.2) is 60.4 Å². The SMILES string of the molecule is CCNC(=NCC(=O)Nc1cccnc1)NCCC(=O)N(CC)CC. The molecule has 0 aliphatic heterocycles. The van der Waals surface area contributed by atoms with Crippen LogP contribution in [0.25, 0.3) is 0 Å². The summed E-state index contributed by atoms with van der Waals surface area (Å²) in [6.45, 7) is 8.38. The molecule has 0 aliphatic rings. The van der Waals surface area contributed by atoms with E-state index in [4.69, 9.17) is 0 Å². The second-order valence-corrected chi connectivity index (χ2v) is 5.23. The standard InChI is InChI=1S/C17H28N6O2/c1-4-19-17(20-11-9-16(25)23(5-2)6-3)21-13-15(24)22-14-8-7-10-18-12-14/h7-8,10,12H,4-6,9,11,13H2,1-3H3,(H,22,24)(H2,19,20,21). The number of hydrogen-bond donors (Lipinski definition) is 3. The van der Waals surface area contributed by atoms with E-state index in [0.717, 1.165) is 0 Å². The maximum atomic E-state index is 12.0. The summed E-state index contributed by atoms with van der Waals surface area (Å²) in [6.07, 6.45) is 3.60. The highest BCUT2D eigenvalue weighted by Gasteiger charge is 2.09. The molecule has 0 atom stereocenters. The Hall–Kier alpha value is -2.64. The Balaban J connectivity index is 2.45. The van der Waals surface area contributed by atoms with Crippen LogP contribution in [0.1, 0.15) is 27.2 Å². The Bertz CT molecular complexity index is 558. The minimum absolute atomic E-state index is 0.0196. The second kappa shape index (κ2) is 11.8. The fourth-order valence-corrected chi connectivity index (χ4v) is 2.15. The topological polar surface area (TPSA) is 98.7 Å². The molecule has 0 saturated heterocycles. The third-order valence-corrected chi connectivity index (χ3v) is 3.42. The van der Waals surface area contributed by atoms with Gasteiger partial charge >= 0.3 is 0 Å². The summed E-state index contributed by atoms with van der Waals surface area (Å²) in [7, 11) is 0. The minimum Gasteiger partial charge on any atom is -0.357 e. The summed E-state index contributed by atoms with van der Waals surface area (Å²) < 4.78 is 0. The van der Waals surface area contributed by atoms with Crippen molar-refractivity contribution in [1.29, 1.82) is 0 Å². The first-order valence-corrected chi connectivity index (χ1v) is 8.60. The molecule has 0 saturated carbocycles. The molecule has 138 valence electrons. The number of carbonyl (C=O) groups is 2. The predicted molar refractivity (Wildman–Crippen MR) is 99.4 cm³/mol. The normalized spacial score (nSPS) is 10.9. The summed E-state index contributed by atoms with van der Waals surface area (Å²) in [5, 5.41) is 8.85. The number of carbonyl (C=O) groups excluding carboxylic acids is 2. The average molecular weight is 348 g/mol. The molecule has 0 fully saturated rings. The van der Waals surface area contributed by atoms with E-state index in [2.05, 4.69) is 25.9 Å². The van der Waals surface area contributed by atoms with Gasteiger partial charge in [0, 0.05) is 38.8 Å². The van der Waals surface area contributed by atoms with Gasteiger partial charge in [-0.2, -0.15) is 0 Å². The quantitative estimate of drug-likeness (QED) is 0.454. The first kappa shape index (κ1) is 20.4. The van der Waals surface area contributed by atoms with Crippen LogP contribution in [0.5, 0.6) is 0 Å². The molecule has 0 aromatic carbocycles. The van der Waals surface area contributed by atoms with Crippen LogP contribution < -0.4 is 16.0 Å². The smallest absolute Gasteiger partial charge is 0.246 e. The van der Waals surface area contributed by atoms with Gasteiger partial charge in [0.2, 0.25) is 11.8 Å². The lowest BCUT2D eigenvalue weighted by Crippen LogP contribution is -2.40. The molecule has 0 spiro atoms. The predicted octanol–water partition coefficient (Wildman–Crippen LogP) is 0.834. The third kappa shape index (κ3) is 8.14. The Morgan fingerprint density at radius 3 is 2.56 bits per heavy atom. The van der Waals surface area contributed by atoms with Gasteiger partial charge in [0.05, 0.1) is 11.9 Å². The zero-order valence-corrected chi connectivity index (χ0v) is 15.2. The van der Waals surface area contributed by atoms with Crippen LogP contribution in [-0.2, 0) is 9.59 Å². The molecule has 2 amide bonds. The number of amides is 2. The molecule has 0 aliphatic carbocycles. The lowest BCUT2D eigenvalue weighted by atomic mass is 10.3. The molecule has 8 heteroatoms. The molecule has 0 unspecified atom stereocenters. The van der Waals surface area contributed by atoms with Gasteiger partial charge in [0.1, 0.15) is 6.54 Å². The van der Waals surface area contributed by atoms with E-state index >= 15 is 0 Å². The first-order valence-electron chi connectivity index (χ1n) is 8.60. The number of anilines is 1. The largest absolute Gasteiger partial charge is 0.357 e. The summed E-state index contributed by atoms with van der Waals surface area (Å²) in [4.78, 5) is 33.8. The number of rotatable bonds is 9. The van der Waals surface area contributed by atoms with Crippen molar-refractivity contribution in [2.45, 2.75) is 27.2 Å². The van der Waals surface area contributed by atoms with Crippen molar-refractivity contribution in [3.05, 3.63) is 24.5 Å². The zero-order valence-electron chi connectivity index (χ0n) is 15.2. The highest BCUT2D eigenvalue weighted by Crippen LogP contribution is 2.01. The summed E-state index contributed by atoms with van der Waals surface area (Å²) >= 11 is 0. The van der Waals surface area contributed by atoms with Crippen LogP contribution in [0, 0.1) is 0 Å². The number of guanidine groups is 1. The van der Waals surface area contributed by atoms with Gasteiger partial charge in [-0.3, -0.25) is 14.6 Å². The molecule has 1 aromatic heterocycles. The number of nitrogens with zero attached hydrogens (tertiary/aromatic N) is 3. The van der Waals surface area contributed by atoms with Gasteiger partial charge in [-0.1, -0.05) is 0 Å². The van der Waals surface area contributed by atoms with Crippen LogP contribution in [0.2, 0.25) is 0 Å². The van der Waals surface area contributed by atoms with E-state index in [1.165, 1.54) is 0 Å². The molecule has 8 nitrogen and oxygen atoms in total. The Kier molecular flexibility index (Phi) is 9.65. The number of aromatic nitrogens is 1. The van der Waals surface area contributed by atoms with Crippen LogP contribution >= 0.6 is 0 Å². The van der Waals surface area contributed by atoms with Gasteiger partial charge in [-0.15, -0.1) is 0 Å². The van der Waals surface area contributed by atoms with Crippen molar-refractivity contribution in [3.63, 3.8) is 0 Å². The fourth-order valence-electron chi connectivity index (χ4n) is 2.15. The van der Waals surface area contributed by atoms with Gasteiger partial charge in [0.25, 0.3) is 0 Å². The van der Waals surface area contributed by atoms with Crippen LogP contribution in [0.15, 0.2) is 29.5 Å². The van der Waals surface area contributed by atoms with Crippen LogP contribution in [0.4, 0.5) is 5.69 Å². The highest BCUT2D eigenvalue weighted by atomic mass is 16.2. The van der Waals surface area contributed by atoms with E-state index in [1.807, 2.05) is 20.8 Å². The summed E-state index contributed by atoms with van der Waals surface area (Å²) in [6, 6.07) is 3.51. The van der Waals surface area contributed by atoms with Gasteiger partial charge < -0.3 is 20.9 Å². The molecule has 3 N–H and O–H groups in total. The maximum Gasteiger partial charge on any atom is 0.246 e. The van der Waals surface area contributed by atoms with E-state index in [1.54, 1.807) is 29.4 Å². The molecular weight excluding hydrogens is 320 g/mol. The van der Waals surface area contributed by atoms with Crippen molar-refractivity contribution in [2.24, 2.45) is 4.99 Å². The Morgan fingerprint density at radius 2 is 1.96 bits per heavy atom. The monoisotopic (exact) mass is 348 g/mol. The highest BCUT2D eigenvalue weighted by molar-refractivity contribution is 5.94. The average Bonchev–Trinajstić information content (AvgIpc) is 2.61. The van der Waals surface area contributed by atoms with E-state index in [0.29, 0.717) is 44.2 Å². The first-order chi connectivity index (χ1) is 12.1. The molecule has 25 heavy (non-hydrogen) atoms. The molecular formula is C17H28N6O2. The Labute approximate surface area is 149 Å². The second-order valence-electron chi connectivity index (χ2n) is 5.23. The lowest BCUT2D eigenvalue weighted by molar-refractivity contribution is -0.130. The number of pyridine rings is 1. The lowest BCUT2D eigenvalue weighted by Gasteiger charge is -2.19. The fraction of sp³-hybridized carbons (Fsp3) is 0.529. The van der Waals surface area contributed by atoms with Gasteiger partial charge in [-0.05, 0) is 32.9 Å². The number of hydrogen-bond acceptors (Lipinski definition) is 4. The number of nitrogens with one attached hydrogen (secondary N) is 3. The van der Waals surface area contributed by atoms with Gasteiger partial charge in [0.15, 0.2) is 5.96 Å². The van der Waals surface area contributed by atoms with Crippen molar-refractivity contribution in [2.75, 3.05) is 38.0 Å². The molecule has 0 bridgehead atoms. The maximum absolute atomic E-state index is 12.0. The van der Waals surface area contributed by atoms with Crippen molar-refractivity contribution in [1.82, 2.24) is 20.5 Å². The number of aliphatic imine (C=N–C) groups is 1. The van der Waals surface area contributed by atoms with Crippen molar-refractivity contribution in [3.8, 4) is 0 Å². The van der Waals surface area contributed by atoms with Crippen molar-refractivity contribution < 1.29 is 9.59 Å². The summed E-state index contributed by atoms with van der Waals surface area (Å²) in [5.74, 6) is 0.378. The molecule has 0 radical (unpaired) electrons.